The molecule has 0 saturated carbocycles. The van der Waals surface area contributed by atoms with Crippen LogP contribution in [0.4, 0.5) is 5.95 Å². The maximum atomic E-state index is 12.5. The number of hydrogen-bond acceptors (Lipinski definition) is 5. The minimum atomic E-state index is -3.68. The highest BCUT2D eigenvalue weighted by Crippen LogP contribution is 2.19. The van der Waals surface area contributed by atoms with E-state index in [0.717, 1.165) is 9.87 Å². The van der Waals surface area contributed by atoms with Gasteiger partial charge in [-0.15, -0.1) is 0 Å². The zero-order valence-electron chi connectivity index (χ0n) is 11.2. The molecule has 0 atom stereocenters. The predicted octanol–water partition coefficient (Wildman–Crippen LogP) is 1.45. The summed E-state index contributed by atoms with van der Waals surface area (Å²) in [6, 6.07) is 8.23. The lowest BCUT2D eigenvalue weighted by Gasteiger charge is -2.17. The molecule has 0 bridgehead atoms. The summed E-state index contributed by atoms with van der Waals surface area (Å²) >= 11 is 0. The molecule has 20 heavy (non-hydrogen) atoms. The quantitative estimate of drug-likeness (QED) is 0.834. The smallest absolute Gasteiger partial charge is 0.266 e. The minimum absolute atomic E-state index is 0.129. The monoisotopic (exact) mass is 293 g/mol. The summed E-state index contributed by atoms with van der Waals surface area (Å²) < 4.78 is 31.1. The van der Waals surface area contributed by atoms with Crippen molar-refractivity contribution in [2.45, 2.75) is 11.5 Å². The molecule has 0 fully saturated rings. The molecule has 0 radical (unpaired) electrons. The van der Waals surface area contributed by atoms with Crippen LogP contribution in [0.25, 0.3) is 0 Å². The number of ether oxygens (including phenoxy) is 1. The van der Waals surface area contributed by atoms with Gasteiger partial charge in [-0.25, -0.2) is 22.7 Å². The van der Waals surface area contributed by atoms with Gasteiger partial charge in [0.1, 0.15) is 0 Å². The lowest BCUT2D eigenvalue weighted by molar-refractivity contribution is 0.184. The highest BCUT2D eigenvalue weighted by Gasteiger charge is 2.23. The number of methoxy groups -OCH3 is 1. The third-order valence-corrected chi connectivity index (χ3v) is 4.44. The number of rotatable bonds is 5. The molecule has 0 aliphatic heterocycles. The first kappa shape index (κ1) is 14.4. The summed E-state index contributed by atoms with van der Waals surface area (Å²) in [5, 5.41) is 0. The van der Waals surface area contributed by atoms with E-state index >= 15 is 0 Å². The Kier molecular flexibility index (Phi) is 4.31. The predicted molar refractivity (Wildman–Crippen MR) is 74.8 cm³/mol. The summed E-state index contributed by atoms with van der Waals surface area (Å²) in [6.07, 6.45) is 2.99. The fourth-order valence-corrected chi connectivity index (χ4v) is 2.86. The molecular formula is C13H15N3O3S. The first-order valence-electron chi connectivity index (χ1n) is 5.89. The van der Waals surface area contributed by atoms with Gasteiger partial charge < -0.3 is 4.74 Å². The Balaban J connectivity index is 2.37. The van der Waals surface area contributed by atoms with E-state index in [4.69, 9.17) is 4.74 Å². The third-order valence-electron chi connectivity index (χ3n) is 2.70. The van der Waals surface area contributed by atoms with Gasteiger partial charge in [0.15, 0.2) is 0 Å². The molecule has 0 aliphatic carbocycles. The molecule has 2 aromatic rings. The topological polar surface area (TPSA) is 72.4 Å². The van der Waals surface area contributed by atoms with Gasteiger partial charge in [0, 0.05) is 26.6 Å². The molecule has 2 rings (SSSR count). The zero-order valence-corrected chi connectivity index (χ0v) is 12.0. The van der Waals surface area contributed by atoms with Crippen LogP contribution in [0, 0.1) is 0 Å². The number of hydrogen-bond donors (Lipinski definition) is 0. The van der Waals surface area contributed by atoms with Crippen LogP contribution in [0.3, 0.4) is 0 Å². The Morgan fingerprint density at radius 2 is 1.90 bits per heavy atom. The third kappa shape index (κ3) is 2.94. The van der Waals surface area contributed by atoms with Crippen LogP contribution < -0.4 is 4.31 Å². The van der Waals surface area contributed by atoms with E-state index in [1.807, 2.05) is 6.07 Å². The van der Waals surface area contributed by atoms with E-state index in [1.165, 1.54) is 25.5 Å². The van der Waals surface area contributed by atoms with Crippen molar-refractivity contribution in [2.24, 2.45) is 0 Å². The van der Waals surface area contributed by atoms with Crippen molar-refractivity contribution in [3.05, 3.63) is 48.3 Å². The van der Waals surface area contributed by atoms with Crippen molar-refractivity contribution in [3.8, 4) is 0 Å². The second-order valence-corrected chi connectivity index (χ2v) is 6.07. The van der Waals surface area contributed by atoms with E-state index in [1.54, 1.807) is 25.3 Å². The molecule has 0 spiro atoms. The van der Waals surface area contributed by atoms with Crippen LogP contribution in [0.15, 0.2) is 47.6 Å². The van der Waals surface area contributed by atoms with E-state index < -0.39 is 10.0 Å². The highest BCUT2D eigenvalue weighted by molar-refractivity contribution is 7.92. The van der Waals surface area contributed by atoms with Crippen LogP contribution in [0.2, 0.25) is 0 Å². The van der Waals surface area contributed by atoms with Crippen molar-refractivity contribution in [2.75, 3.05) is 18.5 Å². The molecule has 0 amide bonds. The lowest BCUT2D eigenvalue weighted by Crippen LogP contribution is -2.28. The first-order valence-corrected chi connectivity index (χ1v) is 7.33. The van der Waals surface area contributed by atoms with Crippen LogP contribution in [-0.4, -0.2) is 32.5 Å². The van der Waals surface area contributed by atoms with Gasteiger partial charge in [-0.1, -0.05) is 12.1 Å². The first-order chi connectivity index (χ1) is 9.55. The summed E-state index contributed by atoms with van der Waals surface area (Å²) in [7, 11) is -0.695. The molecule has 0 N–H and O–H groups in total. The van der Waals surface area contributed by atoms with E-state index in [-0.39, 0.29) is 10.8 Å². The van der Waals surface area contributed by atoms with Crippen LogP contribution >= 0.6 is 0 Å². The van der Waals surface area contributed by atoms with Crippen molar-refractivity contribution in [1.29, 1.82) is 0 Å². The molecule has 1 aromatic carbocycles. The minimum Gasteiger partial charge on any atom is -0.380 e. The highest BCUT2D eigenvalue weighted by atomic mass is 32.2. The summed E-state index contributed by atoms with van der Waals surface area (Å²) in [5.74, 6) is 0.129. The Morgan fingerprint density at radius 3 is 2.55 bits per heavy atom. The normalized spacial score (nSPS) is 11.3. The number of anilines is 1. The number of sulfonamides is 1. The number of nitrogens with zero attached hydrogens (tertiary/aromatic N) is 3. The van der Waals surface area contributed by atoms with Gasteiger partial charge in [-0.05, 0) is 23.8 Å². The largest absolute Gasteiger partial charge is 0.380 e. The molecule has 1 heterocycles. The van der Waals surface area contributed by atoms with Crippen molar-refractivity contribution in [3.63, 3.8) is 0 Å². The molecule has 1 aromatic heterocycles. The second kappa shape index (κ2) is 5.98. The molecule has 7 heteroatoms. The Morgan fingerprint density at radius 1 is 1.20 bits per heavy atom. The summed E-state index contributed by atoms with van der Waals surface area (Å²) in [5.41, 5.74) is 0.788. The second-order valence-electron chi connectivity index (χ2n) is 4.10. The molecule has 6 nitrogen and oxygen atoms in total. The molecule has 106 valence electrons. The van der Waals surface area contributed by atoms with Crippen LogP contribution in [0.1, 0.15) is 5.56 Å². The Labute approximate surface area is 118 Å². The Hall–Kier alpha value is -1.99. The fourth-order valence-electron chi connectivity index (χ4n) is 1.68. The van der Waals surface area contributed by atoms with Crippen molar-refractivity contribution >= 4 is 16.0 Å². The lowest BCUT2D eigenvalue weighted by atomic mass is 10.2. The van der Waals surface area contributed by atoms with Gasteiger partial charge in [-0.2, -0.15) is 0 Å². The summed E-state index contributed by atoms with van der Waals surface area (Å²) in [4.78, 5) is 8.06. The number of aromatic nitrogens is 2. The standard InChI is InChI=1S/C13H15N3O3S/c1-16(13-14-7-4-8-15-13)20(17,18)12-6-3-5-11(9-12)10-19-2/h3-9H,10H2,1-2H3. The molecule has 0 unspecified atom stereocenters. The zero-order chi connectivity index (χ0) is 14.6. The Bertz CT molecular complexity index is 674. The van der Waals surface area contributed by atoms with E-state index in [2.05, 4.69) is 9.97 Å². The average Bonchev–Trinajstić information content (AvgIpc) is 2.48. The molecule has 0 aliphatic rings. The van der Waals surface area contributed by atoms with Gasteiger partial charge in [-0.3, -0.25) is 0 Å². The van der Waals surface area contributed by atoms with E-state index in [0.29, 0.717) is 6.61 Å². The summed E-state index contributed by atoms with van der Waals surface area (Å²) in [6.45, 7) is 0.356. The van der Waals surface area contributed by atoms with E-state index in [9.17, 15) is 8.42 Å². The van der Waals surface area contributed by atoms with Crippen LogP contribution in [-0.2, 0) is 21.4 Å². The SMILES string of the molecule is COCc1cccc(S(=O)(=O)N(C)c2ncccn2)c1. The fraction of sp³-hybridized carbons (Fsp3) is 0.231. The van der Waals surface area contributed by atoms with Crippen molar-refractivity contribution < 1.29 is 13.2 Å². The van der Waals surface area contributed by atoms with Crippen LogP contribution in [0.5, 0.6) is 0 Å². The van der Waals surface area contributed by atoms with Gasteiger partial charge in [0.25, 0.3) is 10.0 Å². The van der Waals surface area contributed by atoms with Gasteiger partial charge in [0.2, 0.25) is 5.95 Å². The molecule has 0 saturated heterocycles. The van der Waals surface area contributed by atoms with Gasteiger partial charge in [0.05, 0.1) is 11.5 Å². The van der Waals surface area contributed by atoms with Gasteiger partial charge >= 0.3 is 0 Å². The maximum Gasteiger partial charge on any atom is 0.266 e. The van der Waals surface area contributed by atoms with Crippen molar-refractivity contribution in [1.82, 2.24) is 9.97 Å². The maximum absolute atomic E-state index is 12.5. The number of benzene rings is 1. The molecular weight excluding hydrogens is 278 g/mol. The average molecular weight is 293 g/mol.